The van der Waals surface area contributed by atoms with Gasteiger partial charge >= 0.3 is 0 Å². The topological polar surface area (TPSA) is 44.8 Å². The maximum atomic E-state index is 13.1. The average molecular weight is 512 g/mol. The van der Waals surface area contributed by atoms with Crippen LogP contribution in [0.4, 0.5) is 10.7 Å². The summed E-state index contributed by atoms with van der Waals surface area (Å²) in [5.74, 6) is 0.766. The SMILES string of the molecule is CCc1cc(C(c2ccc(OC)cc2)N2CCN(c3ccccc3)CC2)c(NC(=O)c2ccccc2)s1. The fourth-order valence-corrected chi connectivity index (χ4v) is 5.97. The lowest BCUT2D eigenvalue weighted by atomic mass is 9.97. The Bertz CT molecular complexity index is 1300. The summed E-state index contributed by atoms with van der Waals surface area (Å²) >= 11 is 1.68. The molecule has 3 aromatic carbocycles. The number of thiophene rings is 1. The van der Waals surface area contributed by atoms with Crippen molar-refractivity contribution in [3.63, 3.8) is 0 Å². The van der Waals surface area contributed by atoms with Gasteiger partial charge in [0.2, 0.25) is 0 Å². The van der Waals surface area contributed by atoms with Crippen LogP contribution in [0.1, 0.15) is 39.3 Å². The van der Waals surface area contributed by atoms with E-state index in [-0.39, 0.29) is 11.9 Å². The van der Waals surface area contributed by atoms with E-state index in [1.807, 2.05) is 42.5 Å². The molecule has 1 atom stereocenters. The highest BCUT2D eigenvalue weighted by Gasteiger charge is 2.30. The zero-order valence-corrected chi connectivity index (χ0v) is 22.2. The average Bonchev–Trinajstić information content (AvgIpc) is 3.37. The molecular weight excluding hydrogens is 478 g/mol. The summed E-state index contributed by atoms with van der Waals surface area (Å²) < 4.78 is 5.43. The lowest BCUT2D eigenvalue weighted by Crippen LogP contribution is -2.48. The summed E-state index contributed by atoms with van der Waals surface area (Å²) in [5, 5.41) is 4.17. The number of carbonyl (C=O) groups is 1. The molecule has 1 aliphatic rings. The molecule has 0 bridgehead atoms. The second-order valence-electron chi connectivity index (χ2n) is 9.21. The monoisotopic (exact) mass is 511 g/mol. The van der Waals surface area contributed by atoms with Crippen molar-refractivity contribution in [1.29, 1.82) is 0 Å². The van der Waals surface area contributed by atoms with Gasteiger partial charge in [0.25, 0.3) is 5.91 Å². The molecule has 1 aromatic heterocycles. The molecule has 0 radical (unpaired) electrons. The van der Waals surface area contributed by atoms with Crippen LogP contribution in [0, 0.1) is 0 Å². The number of hydrogen-bond donors (Lipinski definition) is 1. The Labute approximate surface area is 223 Å². The maximum Gasteiger partial charge on any atom is 0.256 e. The Morgan fingerprint density at radius 1 is 0.919 bits per heavy atom. The molecule has 37 heavy (non-hydrogen) atoms. The van der Waals surface area contributed by atoms with Gasteiger partial charge in [-0.1, -0.05) is 55.5 Å². The molecule has 5 nitrogen and oxygen atoms in total. The van der Waals surface area contributed by atoms with E-state index in [1.165, 1.54) is 16.1 Å². The first kappa shape index (κ1) is 25.1. The molecule has 1 N–H and O–H groups in total. The van der Waals surface area contributed by atoms with Crippen LogP contribution in [0.15, 0.2) is 91.0 Å². The lowest BCUT2D eigenvalue weighted by molar-refractivity contribution is 0.102. The standard InChI is InChI=1S/C31H33N3O2S/c1-3-27-22-28(31(37-27)32-30(35)24-10-6-4-7-11-24)29(23-14-16-26(36-2)17-15-23)34-20-18-33(19-21-34)25-12-8-5-9-13-25/h4-17,22,29H,3,18-21H2,1-2H3,(H,32,35). The summed E-state index contributed by atoms with van der Waals surface area (Å²) in [6.45, 7) is 5.92. The Hall–Kier alpha value is -3.61. The molecule has 0 spiro atoms. The quantitative estimate of drug-likeness (QED) is 0.294. The second-order valence-corrected chi connectivity index (χ2v) is 10.3. The Morgan fingerprint density at radius 2 is 1.57 bits per heavy atom. The van der Waals surface area contributed by atoms with Gasteiger partial charge in [-0.05, 0) is 54.4 Å². The predicted molar refractivity (Wildman–Crippen MR) is 153 cm³/mol. The number of nitrogens with one attached hydrogen (secondary N) is 1. The molecule has 1 amide bonds. The van der Waals surface area contributed by atoms with Crippen LogP contribution in [0.2, 0.25) is 0 Å². The van der Waals surface area contributed by atoms with Crippen molar-refractivity contribution >= 4 is 27.9 Å². The van der Waals surface area contributed by atoms with Crippen molar-refractivity contribution in [2.24, 2.45) is 0 Å². The maximum absolute atomic E-state index is 13.1. The normalized spacial score (nSPS) is 14.8. The van der Waals surface area contributed by atoms with E-state index in [9.17, 15) is 4.79 Å². The van der Waals surface area contributed by atoms with E-state index < -0.39 is 0 Å². The van der Waals surface area contributed by atoms with Crippen molar-refractivity contribution in [2.45, 2.75) is 19.4 Å². The predicted octanol–water partition coefficient (Wildman–Crippen LogP) is 6.48. The number of amides is 1. The number of hydrogen-bond acceptors (Lipinski definition) is 5. The number of piperazine rings is 1. The van der Waals surface area contributed by atoms with Gasteiger partial charge in [0.05, 0.1) is 13.2 Å². The molecule has 5 rings (SSSR count). The summed E-state index contributed by atoms with van der Waals surface area (Å²) in [5.41, 5.74) is 4.29. The highest BCUT2D eigenvalue weighted by molar-refractivity contribution is 7.16. The number of aryl methyl sites for hydroxylation is 1. The minimum Gasteiger partial charge on any atom is -0.497 e. The molecule has 1 fully saturated rings. The highest BCUT2D eigenvalue weighted by atomic mass is 32.1. The number of benzene rings is 3. The lowest BCUT2D eigenvalue weighted by Gasteiger charge is -2.40. The number of nitrogens with zero attached hydrogens (tertiary/aromatic N) is 2. The van der Waals surface area contributed by atoms with Crippen LogP contribution < -0.4 is 15.0 Å². The molecule has 6 heteroatoms. The minimum absolute atomic E-state index is 0.0338. The van der Waals surface area contributed by atoms with Crippen molar-refractivity contribution in [2.75, 3.05) is 43.5 Å². The molecule has 1 aliphatic heterocycles. The smallest absolute Gasteiger partial charge is 0.256 e. The van der Waals surface area contributed by atoms with Crippen LogP contribution in [0.5, 0.6) is 5.75 Å². The number of para-hydroxylation sites is 1. The number of anilines is 2. The molecule has 1 saturated heterocycles. The third-order valence-corrected chi connectivity index (χ3v) is 8.16. The molecular formula is C31H33N3O2S. The van der Waals surface area contributed by atoms with Gasteiger partial charge in [0.15, 0.2) is 0 Å². The van der Waals surface area contributed by atoms with Crippen molar-refractivity contribution in [1.82, 2.24) is 4.90 Å². The van der Waals surface area contributed by atoms with Gasteiger partial charge < -0.3 is 15.0 Å². The van der Waals surface area contributed by atoms with Gasteiger partial charge in [-0.15, -0.1) is 11.3 Å². The first-order chi connectivity index (χ1) is 18.2. The Kier molecular flexibility index (Phi) is 7.87. The number of ether oxygens (including phenoxy) is 1. The van der Waals surface area contributed by atoms with Crippen LogP contribution in [-0.4, -0.2) is 44.1 Å². The summed E-state index contributed by atoms with van der Waals surface area (Å²) in [6, 6.07) is 30.7. The van der Waals surface area contributed by atoms with E-state index in [2.05, 4.69) is 70.6 Å². The van der Waals surface area contributed by atoms with E-state index >= 15 is 0 Å². The van der Waals surface area contributed by atoms with Gasteiger partial charge in [0, 0.05) is 47.9 Å². The fourth-order valence-electron chi connectivity index (χ4n) is 4.95. The van der Waals surface area contributed by atoms with Gasteiger partial charge in [-0.3, -0.25) is 9.69 Å². The molecule has 4 aromatic rings. The van der Waals surface area contributed by atoms with Crippen LogP contribution in [0.3, 0.4) is 0 Å². The Morgan fingerprint density at radius 3 is 2.19 bits per heavy atom. The van der Waals surface area contributed by atoms with Crippen molar-refractivity contribution in [3.8, 4) is 5.75 Å². The fraction of sp³-hybridized carbons (Fsp3) is 0.258. The minimum atomic E-state index is -0.0752. The first-order valence-corrected chi connectivity index (χ1v) is 13.6. The number of methoxy groups -OCH3 is 1. The second kappa shape index (κ2) is 11.6. The van der Waals surface area contributed by atoms with E-state index in [1.54, 1.807) is 18.4 Å². The molecule has 190 valence electrons. The summed E-state index contributed by atoms with van der Waals surface area (Å²) in [6.07, 6.45) is 0.927. The summed E-state index contributed by atoms with van der Waals surface area (Å²) in [4.78, 5) is 19.4. The van der Waals surface area contributed by atoms with Gasteiger partial charge in [-0.2, -0.15) is 0 Å². The van der Waals surface area contributed by atoms with Crippen molar-refractivity contribution < 1.29 is 9.53 Å². The van der Waals surface area contributed by atoms with Gasteiger partial charge in [-0.25, -0.2) is 0 Å². The summed E-state index contributed by atoms with van der Waals surface area (Å²) in [7, 11) is 1.69. The molecule has 2 heterocycles. The third-order valence-electron chi connectivity index (χ3n) is 6.95. The van der Waals surface area contributed by atoms with E-state index in [4.69, 9.17) is 4.74 Å². The largest absolute Gasteiger partial charge is 0.497 e. The molecule has 0 aliphatic carbocycles. The molecule has 1 unspecified atom stereocenters. The van der Waals surface area contributed by atoms with Crippen LogP contribution in [-0.2, 0) is 6.42 Å². The first-order valence-electron chi connectivity index (χ1n) is 12.8. The van der Waals surface area contributed by atoms with Crippen LogP contribution in [0.25, 0.3) is 0 Å². The number of rotatable bonds is 8. The third kappa shape index (κ3) is 5.71. The van der Waals surface area contributed by atoms with E-state index in [0.29, 0.717) is 5.56 Å². The van der Waals surface area contributed by atoms with Crippen molar-refractivity contribution in [3.05, 3.63) is 113 Å². The zero-order valence-electron chi connectivity index (χ0n) is 21.4. The van der Waals surface area contributed by atoms with Crippen LogP contribution >= 0.6 is 11.3 Å². The zero-order chi connectivity index (χ0) is 25.6. The van der Waals surface area contributed by atoms with E-state index in [0.717, 1.165) is 48.9 Å². The highest BCUT2D eigenvalue weighted by Crippen LogP contribution is 2.40. The number of carbonyl (C=O) groups excluding carboxylic acids is 1. The Balaban J connectivity index is 1.47. The molecule has 0 saturated carbocycles. The van der Waals surface area contributed by atoms with Gasteiger partial charge in [0.1, 0.15) is 10.8 Å².